The molecule has 0 atom stereocenters. The van der Waals surface area contributed by atoms with Crippen molar-refractivity contribution in [3.8, 4) is 17.5 Å². The zero-order valence-electron chi connectivity index (χ0n) is 22.6. The summed E-state index contributed by atoms with van der Waals surface area (Å²) in [5.41, 5.74) is 4.74. The fraction of sp³-hybridized carbons (Fsp3) is 0.483. The largest absolute Gasteiger partial charge is 0.382 e. The number of nitrogens with zero attached hydrogens (tertiary/aromatic N) is 6. The monoisotopic (exact) mass is 528 g/mol. The van der Waals surface area contributed by atoms with Crippen LogP contribution in [0.4, 0.5) is 11.4 Å². The first-order valence-corrected chi connectivity index (χ1v) is 13.7. The van der Waals surface area contributed by atoms with Gasteiger partial charge in [-0.25, -0.2) is 0 Å². The predicted molar refractivity (Wildman–Crippen MR) is 149 cm³/mol. The molecule has 1 saturated carbocycles. The Morgan fingerprint density at radius 3 is 2.31 bits per heavy atom. The van der Waals surface area contributed by atoms with Crippen LogP contribution in [0, 0.1) is 18.3 Å². The van der Waals surface area contributed by atoms with Gasteiger partial charge in [0.15, 0.2) is 0 Å². The molecule has 10 nitrogen and oxygen atoms in total. The van der Waals surface area contributed by atoms with E-state index in [2.05, 4.69) is 32.1 Å². The average molecular weight is 529 g/mol. The fourth-order valence-electron chi connectivity index (χ4n) is 5.39. The van der Waals surface area contributed by atoms with E-state index in [9.17, 15) is 4.79 Å². The number of likely N-dealkylation sites (tertiary alicyclic amines) is 1. The molecule has 0 unspecified atom stereocenters. The first-order chi connectivity index (χ1) is 19.0. The highest BCUT2D eigenvalue weighted by Crippen LogP contribution is 2.26. The van der Waals surface area contributed by atoms with Crippen molar-refractivity contribution in [2.45, 2.75) is 63.6 Å². The lowest BCUT2D eigenvalue weighted by atomic mass is 9.92. The highest BCUT2D eigenvalue weighted by atomic mass is 16.5. The van der Waals surface area contributed by atoms with Crippen molar-refractivity contribution in [1.29, 1.82) is 5.26 Å². The Kier molecular flexibility index (Phi) is 8.37. The smallest absolute Gasteiger partial charge is 0.248 e. The number of nitriles is 1. The van der Waals surface area contributed by atoms with Gasteiger partial charge in [0.25, 0.3) is 0 Å². The molecule has 2 heterocycles. The van der Waals surface area contributed by atoms with E-state index in [1.54, 1.807) is 7.05 Å². The summed E-state index contributed by atoms with van der Waals surface area (Å²) in [4.78, 5) is 16.2. The van der Waals surface area contributed by atoms with Crippen LogP contribution in [0.2, 0.25) is 0 Å². The molecule has 2 fully saturated rings. The molecule has 1 saturated heterocycles. The van der Waals surface area contributed by atoms with Gasteiger partial charge in [0.1, 0.15) is 6.61 Å². The third kappa shape index (κ3) is 6.92. The van der Waals surface area contributed by atoms with Crippen molar-refractivity contribution in [2.75, 3.05) is 30.3 Å². The molecule has 2 N–H and O–H groups in total. The lowest BCUT2D eigenvalue weighted by Gasteiger charge is -2.34. The van der Waals surface area contributed by atoms with Crippen LogP contribution in [0.15, 0.2) is 42.5 Å². The van der Waals surface area contributed by atoms with Gasteiger partial charge in [-0.2, -0.15) is 10.1 Å². The highest BCUT2D eigenvalue weighted by molar-refractivity contribution is 5.77. The molecule has 1 aliphatic heterocycles. The number of carbonyl (C=O) groups excluding carboxylic acids is 1. The minimum Gasteiger partial charge on any atom is -0.382 e. The Balaban J connectivity index is 0.991. The number of carbonyl (C=O) groups is 1. The second-order valence-corrected chi connectivity index (χ2v) is 10.5. The maximum Gasteiger partial charge on any atom is 0.248 e. The van der Waals surface area contributed by atoms with Crippen LogP contribution in [0.1, 0.15) is 49.7 Å². The SMILES string of the molecule is Cc1cc(NC2CCC(OCC(=O)N3CCC(Nc4ccc(-c5nnn(C)n5)cc4)CC3)CC2)ccc1C#N. The van der Waals surface area contributed by atoms with E-state index >= 15 is 0 Å². The number of hydrogen-bond donors (Lipinski definition) is 2. The van der Waals surface area contributed by atoms with E-state index in [0.717, 1.165) is 74.1 Å². The van der Waals surface area contributed by atoms with Crippen LogP contribution >= 0.6 is 0 Å². The van der Waals surface area contributed by atoms with Gasteiger partial charge in [-0.05, 0) is 98.7 Å². The quantitative estimate of drug-likeness (QED) is 0.452. The summed E-state index contributed by atoms with van der Waals surface area (Å²) >= 11 is 0. The topological polar surface area (TPSA) is 121 Å². The van der Waals surface area contributed by atoms with Crippen molar-refractivity contribution in [3.63, 3.8) is 0 Å². The van der Waals surface area contributed by atoms with Crippen LogP contribution in [0.3, 0.4) is 0 Å². The first kappa shape index (κ1) is 26.6. The number of ether oxygens (including phenoxy) is 1. The molecular weight excluding hydrogens is 492 g/mol. The average Bonchev–Trinajstić information content (AvgIpc) is 3.39. The van der Waals surface area contributed by atoms with Crippen LogP contribution < -0.4 is 10.6 Å². The molecule has 0 spiro atoms. The van der Waals surface area contributed by atoms with Crippen LogP contribution in [0.5, 0.6) is 0 Å². The number of anilines is 2. The maximum atomic E-state index is 12.8. The van der Waals surface area contributed by atoms with Gasteiger partial charge < -0.3 is 20.3 Å². The van der Waals surface area contributed by atoms with Crippen LogP contribution in [0.25, 0.3) is 11.4 Å². The standard InChI is InChI=1S/C29H36N8O2/c1-20-17-26(8-5-22(20)18-30)32-24-9-11-27(12-10-24)39-19-28(38)37-15-13-25(14-16-37)31-23-6-3-21(4-7-23)29-33-35-36(2)34-29/h3-8,17,24-25,27,31-32H,9-16,19H2,1-2H3. The van der Waals surface area contributed by atoms with Crippen molar-refractivity contribution in [1.82, 2.24) is 25.1 Å². The van der Waals surface area contributed by atoms with E-state index < -0.39 is 0 Å². The summed E-state index contributed by atoms with van der Waals surface area (Å²) in [5, 5.41) is 28.5. The van der Waals surface area contributed by atoms with E-state index in [4.69, 9.17) is 10.00 Å². The number of piperidine rings is 1. The van der Waals surface area contributed by atoms with Crippen LogP contribution in [-0.4, -0.2) is 68.9 Å². The lowest BCUT2D eigenvalue weighted by molar-refractivity contribution is -0.139. The summed E-state index contributed by atoms with van der Waals surface area (Å²) < 4.78 is 6.03. The Bertz CT molecular complexity index is 1300. The Hall–Kier alpha value is -3.97. The number of hydrogen-bond acceptors (Lipinski definition) is 8. The molecule has 10 heteroatoms. The lowest BCUT2D eigenvalue weighted by Crippen LogP contribution is -2.44. The maximum absolute atomic E-state index is 12.8. The summed E-state index contributed by atoms with van der Waals surface area (Å²) in [6.07, 6.45) is 5.84. The van der Waals surface area contributed by atoms with E-state index in [-0.39, 0.29) is 18.6 Å². The number of aromatic nitrogens is 4. The number of nitrogens with one attached hydrogen (secondary N) is 2. The number of amides is 1. The zero-order valence-corrected chi connectivity index (χ0v) is 22.6. The number of rotatable bonds is 8. The van der Waals surface area contributed by atoms with Crippen LogP contribution in [-0.2, 0) is 16.6 Å². The van der Waals surface area contributed by atoms with Gasteiger partial charge in [-0.3, -0.25) is 4.79 Å². The molecule has 2 aliphatic rings. The normalized spacial score (nSPS) is 19.9. The van der Waals surface area contributed by atoms with E-state index in [1.807, 2.05) is 54.3 Å². The molecule has 0 radical (unpaired) electrons. The molecule has 0 bridgehead atoms. The van der Waals surface area contributed by atoms with Gasteiger partial charge in [-0.15, -0.1) is 10.2 Å². The molecule has 5 rings (SSSR count). The highest BCUT2D eigenvalue weighted by Gasteiger charge is 2.26. The predicted octanol–water partition coefficient (Wildman–Crippen LogP) is 3.90. The fourth-order valence-corrected chi connectivity index (χ4v) is 5.39. The van der Waals surface area contributed by atoms with Crippen molar-refractivity contribution in [3.05, 3.63) is 53.6 Å². The minimum atomic E-state index is 0.0857. The van der Waals surface area contributed by atoms with Gasteiger partial charge in [0.05, 0.1) is 24.8 Å². The molecule has 3 aromatic rings. The van der Waals surface area contributed by atoms with Gasteiger partial charge in [0, 0.05) is 42.1 Å². The second kappa shape index (κ2) is 12.3. The summed E-state index contributed by atoms with van der Waals surface area (Å²) in [5.74, 6) is 0.698. The second-order valence-electron chi connectivity index (χ2n) is 10.5. The molecular formula is C29H36N8O2. The Labute approximate surface area is 229 Å². The van der Waals surface area contributed by atoms with E-state index in [0.29, 0.717) is 23.5 Å². The molecule has 2 aromatic carbocycles. The van der Waals surface area contributed by atoms with Gasteiger partial charge in [0.2, 0.25) is 11.7 Å². The Morgan fingerprint density at radius 1 is 1.00 bits per heavy atom. The minimum absolute atomic E-state index is 0.0857. The number of tetrazole rings is 1. The van der Waals surface area contributed by atoms with E-state index in [1.165, 1.54) is 4.80 Å². The van der Waals surface area contributed by atoms with Crippen molar-refractivity contribution < 1.29 is 9.53 Å². The number of benzene rings is 2. The zero-order chi connectivity index (χ0) is 27.2. The third-order valence-corrected chi connectivity index (χ3v) is 7.70. The molecule has 204 valence electrons. The molecule has 39 heavy (non-hydrogen) atoms. The van der Waals surface area contributed by atoms with Gasteiger partial charge in [-0.1, -0.05) is 0 Å². The molecule has 1 aliphatic carbocycles. The summed E-state index contributed by atoms with van der Waals surface area (Å²) in [7, 11) is 1.75. The first-order valence-electron chi connectivity index (χ1n) is 13.7. The summed E-state index contributed by atoms with van der Waals surface area (Å²) in [6.45, 7) is 3.60. The molecule has 1 aromatic heterocycles. The Morgan fingerprint density at radius 2 is 1.67 bits per heavy atom. The number of aryl methyl sites for hydroxylation is 2. The van der Waals surface area contributed by atoms with Crippen molar-refractivity contribution >= 4 is 17.3 Å². The van der Waals surface area contributed by atoms with Gasteiger partial charge >= 0.3 is 0 Å². The third-order valence-electron chi connectivity index (χ3n) is 7.70. The van der Waals surface area contributed by atoms with Crippen molar-refractivity contribution in [2.24, 2.45) is 7.05 Å². The molecule has 1 amide bonds. The summed E-state index contributed by atoms with van der Waals surface area (Å²) in [6, 6.07) is 16.9.